The largest absolute Gasteiger partial charge is 0.548 e. The zero-order valence-corrected chi connectivity index (χ0v) is 12.1. The third-order valence-electron chi connectivity index (χ3n) is 2.81. The van der Waals surface area contributed by atoms with Crippen LogP contribution in [0.5, 0.6) is 0 Å². The number of benzene rings is 1. The zero-order chi connectivity index (χ0) is 15.1. The zero-order valence-electron chi connectivity index (χ0n) is 11.4. The van der Waals surface area contributed by atoms with Crippen molar-refractivity contribution >= 4 is 23.7 Å². The summed E-state index contributed by atoms with van der Waals surface area (Å²) in [5.74, 6) is -1.36. The van der Waals surface area contributed by atoms with Crippen LogP contribution in [-0.4, -0.2) is 24.2 Å². The Morgan fingerprint density at radius 1 is 1.35 bits per heavy atom. The molecule has 0 unspecified atom stereocenters. The molecule has 0 saturated heterocycles. The van der Waals surface area contributed by atoms with Gasteiger partial charge in [0.1, 0.15) is 6.10 Å². The molecule has 1 amide bonds. The molecule has 110 valence electrons. The fourth-order valence-corrected chi connectivity index (χ4v) is 1.62. The van der Waals surface area contributed by atoms with Crippen molar-refractivity contribution in [2.24, 2.45) is 0 Å². The molecule has 0 bridgehead atoms. The molecule has 0 aliphatic heterocycles. The van der Waals surface area contributed by atoms with Gasteiger partial charge in [0.2, 0.25) is 0 Å². The molecular formula is C14H17ClNO4-. The van der Waals surface area contributed by atoms with Gasteiger partial charge in [0.25, 0.3) is 0 Å². The van der Waals surface area contributed by atoms with Gasteiger partial charge in [0.05, 0.1) is 12.0 Å². The molecular weight excluding hydrogens is 282 g/mol. The molecule has 1 aromatic rings. The van der Waals surface area contributed by atoms with Gasteiger partial charge in [-0.05, 0) is 37.5 Å². The molecule has 5 nitrogen and oxygen atoms in total. The molecule has 0 aliphatic carbocycles. The predicted molar refractivity (Wildman–Crippen MR) is 73.3 cm³/mol. The summed E-state index contributed by atoms with van der Waals surface area (Å²) in [6.45, 7) is 3.59. The number of carboxylic acids is 1. The second kappa shape index (κ2) is 7.75. The van der Waals surface area contributed by atoms with Crippen molar-refractivity contribution in [3.8, 4) is 0 Å². The van der Waals surface area contributed by atoms with Gasteiger partial charge in [-0.15, -0.1) is 0 Å². The second-order valence-electron chi connectivity index (χ2n) is 4.47. The first-order valence-electron chi connectivity index (χ1n) is 6.34. The van der Waals surface area contributed by atoms with E-state index >= 15 is 0 Å². The average molecular weight is 299 g/mol. The highest BCUT2D eigenvalue weighted by Crippen LogP contribution is 2.11. The third-order valence-corrected chi connectivity index (χ3v) is 3.06. The molecule has 0 radical (unpaired) electrons. The van der Waals surface area contributed by atoms with Crippen molar-refractivity contribution in [3.05, 3.63) is 34.9 Å². The number of ether oxygens (including phenoxy) is 1. The van der Waals surface area contributed by atoms with Crippen molar-refractivity contribution < 1.29 is 19.4 Å². The normalized spacial score (nSPS) is 13.3. The van der Waals surface area contributed by atoms with E-state index in [0.717, 1.165) is 5.56 Å². The van der Waals surface area contributed by atoms with Crippen molar-refractivity contribution in [3.63, 3.8) is 0 Å². The van der Waals surface area contributed by atoms with Crippen LogP contribution in [0.4, 0.5) is 4.79 Å². The first-order chi connectivity index (χ1) is 9.42. The van der Waals surface area contributed by atoms with Crippen LogP contribution >= 0.6 is 11.6 Å². The number of amides is 1. The molecule has 6 heteroatoms. The number of carbonyl (C=O) groups excluding carboxylic acids is 2. The Morgan fingerprint density at radius 3 is 2.45 bits per heavy atom. The van der Waals surface area contributed by atoms with Crippen LogP contribution in [0.15, 0.2) is 24.3 Å². The Bertz CT molecular complexity index is 461. The smallest absolute Gasteiger partial charge is 0.407 e. The number of carbonyl (C=O) groups is 2. The highest BCUT2D eigenvalue weighted by Gasteiger charge is 2.16. The standard InChI is InChI=1S/C14H18ClNO4/c1-3-9(2)20-14(19)16-12(13(17)18)8-10-4-6-11(15)7-5-10/h4-7,9,12H,3,8H2,1-2H3,(H,16,19)(H,17,18)/p-1/t9-,12-/m1/s1. The lowest BCUT2D eigenvalue weighted by molar-refractivity contribution is -0.308. The Balaban J connectivity index is 2.63. The number of hydrogen-bond donors (Lipinski definition) is 1. The highest BCUT2D eigenvalue weighted by molar-refractivity contribution is 6.30. The van der Waals surface area contributed by atoms with Crippen LogP contribution in [0.3, 0.4) is 0 Å². The van der Waals surface area contributed by atoms with E-state index in [1.807, 2.05) is 6.92 Å². The molecule has 1 N–H and O–H groups in total. The van der Waals surface area contributed by atoms with Gasteiger partial charge in [0.15, 0.2) is 0 Å². The summed E-state index contributed by atoms with van der Waals surface area (Å²) in [5.41, 5.74) is 0.729. The SMILES string of the molecule is CC[C@@H](C)OC(=O)N[C@H](Cc1ccc(Cl)cc1)C(=O)[O-]. The second-order valence-corrected chi connectivity index (χ2v) is 4.91. The number of nitrogens with one attached hydrogen (secondary N) is 1. The molecule has 0 aromatic heterocycles. The van der Waals surface area contributed by atoms with E-state index in [0.29, 0.717) is 11.4 Å². The van der Waals surface area contributed by atoms with Gasteiger partial charge >= 0.3 is 6.09 Å². The van der Waals surface area contributed by atoms with Gasteiger partial charge < -0.3 is 20.0 Å². The Kier molecular flexibility index (Phi) is 6.31. The quantitative estimate of drug-likeness (QED) is 0.864. The maximum Gasteiger partial charge on any atom is 0.407 e. The minimum Gasteiger partial charge on any atom is -0.548 e. The number of halogens is 1. The van der Waals surface area contributed by atoms with Crippen molar-refractivity contribution in [1.82, 2.24) is 5.32 Å². The van der Waals surface area contributed by atoms with Gasteiger partial charge in [-0.2, -0.15) is 0 Å². The Labute approximate surface area is 122 Å². The lowest BCUT2D eigenvalue weighted by Gasteiger charge is -2.21. The molecule has 1 aromatic carbocycles. The van der Waals surface area contributed by atoms with E-state index in [9.17, 15) is 14.7 Å². The van der Waals surface area contributed by atoms with Gasteiger partial charge in [0, 0.05) is 5.02 Å². The van der Waals surface area contributed by atoms with Crippen molar-refractivity contribution in [2.45, 2.75) is 38.8 Å². The maximum atomic E-state index is 11.5. The van der Waals surface area contributed by atoms with Crippen molar-refractivity contribution in [2.75, 3.05) is 0 Å². The minimum absolute atomic E-state index is 0.106. The third kappa shape index (κ3) is 5.48. The number of aliphatic carboxylic acids is 1. The summed E-state index contributed by atoms with van der Waals surface area (Å²) < 4.78 is 4.97. The summed E-state index contributed by atoms with van der Waals surface area (Å²) in [6.07, 6.45) is -0.272. The van der Waals surface area contributed by atoms with E-state index in [4.69, 9.17) is 16.3 Å². The van der Waals surface area contributed by atoms with Crippen LogP contribution in [0.1, 0.15) is 25.8 Å². The van der Waals surface area contributed by atoms with E-state index in [2.05, 4.69) is 5.32 Å². The average Bonchev–Trinajstić information content (AvgIpc) is 2.40. The molecule has 20 heavy (non-hydrogen) atoms. The first-order valence-corrected chi connectivity index (χ1v) is 6.72. The van der Waals surface area contributed by atoms with E-state index in [1.54, 1.807) is 31.2 Å². The Morgan fingerprint density at radius 2 is 1.95 bits per heavy atom. The van der Waals surface area contributed by atoms with Crippen LogP contribution in [0.25, 0.3) is 0 Å². The number of rotatable bonds is 6. The molecule has 0 heterocycles. The van der Waals surface area contributed by atoms with Crippen LogP contribution in [0.2, 0.25) is 5.02 Å². The van der Waals surface area contributed by atoms with Gasteiger partial charge in [-0.1, -0.05) is 30.7 Å². The number of hydrogen-bond acceptors (Lipinski definition) is 4. The summed E-state index contributed by atoms with van der Waals surface area (Å²) in [4.78, 5) is 22.6. The lowest BCUT2D eigenvalue weighted by Crippen LogP contribution is -2.49. The van der Waals surface area contributed by atoms with E-state index in [-0.39, 0.29) is 12.5 Å². The molecule has 2 atom stereocenters. The van der Waals surface area contributed by atoms with Crippen LogP contribution in [-0.2, 0) is 16.0 Å². The van der Waals surface area contributed by atoms with Gasteiger partial charge in [-0.3, -0.25) is 0 Å². The number of carboxylic acid groups (broad SMARTS) is 1. The Hall–Kier alpha value is -1.75. The fourth-order valence-electron chi connectivity index (χ4n) is 1.49. The van der Waals surface area contributed by atoms with Gasteiger partial charge in [-0.25, -0.2) is 4.79 Å². The lowest BCUT2D eigenvalue weighted by atomic mass is 10.1. The molecule has 0 spiro atoms. The summed E-state index contributed by atoms with van der Waals surface area (Å²) >= 11 is 5.75. The first kappa shape index (κ1) is 16.3. The molecule has 0 fully saturated rings. The molecule has 0 aliphatic rings. The number of alkyl carbamates (subject to hydrolysis) is 1. The van der Waals surface area contributed by atoms with E-state index < -0.39 is 18.1 Å². The minimum atomic E-state index is -1.36. The highest BCUT2D eigenvalue weighted by atomic mass is 35.5. The summed E-state index contributed by atoms with van der Waals surface area (Å²) in [5, 5.41) is 13.9. The fraction of sp³-hybridized carbons (Fsp3) is 0.429. The van der Waals surface area contributed by atoms with Crippen LogP contribution < -0.4 is 10.4 Å². The molecule has 0 saturated carbocycles. The summed E-state index contributed by atoms with van der Waals surface area (Å²) in [7, 11) is 0. The predicted octanol–water partition coefficient (Wildman–Crippen LogP) is 1.53. The topological polar surface area (TPSA) is 78.5 Å². The summed E-state index contributed by atoms with van der Waals surface area (Å²) in [6, 6.07) is 5.55. The van der Waals surface area contributed by atoms with E-state index in [1.165, 1.54) is 0 Å². The van der Waals surface area contributed by atoms with Crippen molar-refractivity contribution in [1.29, 1.82) is 0 Å². The van der Waals surface area contributed by atoms with Crippen LogP contribution in [0, 0.1) is 0 Å². The molecule has 1 rings (SSSR count). The monoisotopic (exact) mass is 298 g/mol. The maximum absolute atomic E-state index is 11.5.